The van der Waals surface area contributed by atoms with Crippen LogP contribution in [0.5, 0.6) is 0 Å². The van der Waals surface area contributed by atoms with Crippen molar-refractivity contribution in [3.63, 3.8) is 0 Å². The summed E-state index contributed by atoms with van der Waals surface area (Å²) in [6, 6.07) is 5.98. The maximum absolute atomic E-state index is 13.2. The molecule has 7 heteroatoms. The third-order valence-corrected chi connectivity index (χ3v) is 5.69. The molecule has 1 saturated carbocycles. The fraction of sp³-hybridized carbons (Fsp3) is 0.550. The molecule has 0 bridgehead atoms. The van der Waals surface area contributed by atoms with E-state index in [2.05, 4.69) is 0 Å². The molecular formula is C20H25FN2O4. The Morgan fingerprint density at radius 2 is 1.85 bits per heavy atom. The van der Waals surface area contributed by atoms with Crippen molar-refractivity contribution in [3.05, 3.63) is 35.6 Å². The highest BCUT2D eigenvalue weighted by atomic mass is 19.1. The highest BCUT2D eigenvalue weighted by Crippen LogP contribution is 2.49. The van der Waals surface area contributed by atoms with Gasteiger partial charge in [0.2, 0.25) is 11.8 Å². The first-order valence-corrected chi connectivity index (χ1v) is 9.38. The third-order valence-electron chi connectivity index (χ3n) is 5.69. The van der Waals surface area contributed by atoms with Gasteiger partial charge in [-0.3, -0.25) is 14.4 Å². The van der Waals surface area contributed by atoms with E-state index in [0.29, 0.717) is 25.9 Å². The van der Waals surface area contributed by atoms with Gasteiger partial charge in [-0.1, -0.05) is 12.1 Å². The molecule has 27 heavy (non-hydrogen) atoms. The van der Waals surface area contributed by atoms with E-state index in [1.807, 2.05) is 4.90 Å². The zero-order valence-corrected chi connectivity index (χ0v) is 15.5. The van der Waals surface area contributed by atoms with Crippen molar-refractivity contribution in [1.29, 1.82) is 0 Å². The predicted octanol–water partition coefficient (Wildman–Crippen LogP) is 2.17. The second-order valence-corrected chi connectivity index (χ2v) is 7.51. The van der Waals surface area contributed by atoms with E-state index in [4.69, 9.17) is 5.11 Å². The number of aliphatic carboxylic acids is 1. The maximum atomic E-state index is 13.2. The van der Waals surface area contributed by atoms with Crippen LogP contribution in [0, 0.1) is 5.82 Å². The van der Waals surface area contributed by atoms with E-state index in [1.54, 1.807) is 12.1 Å². The fourth-order valence-corrected chi connectivity index (χ4v) is 4.06. The van der Waals surface area contributed by atoms with Gasteiger partial charge in [0.05, 0.1) is 5.41 Å². The Hall–Kier alpha value is -2.44. The van der Waals surface area contributed by atoms with Gasteiger partial charge in [0.15, 0.2) is 0 Å². The molecule has 6 nitrogen and oxygen atoms in total. The maximum Gasteiger partial charge on any atom is 0.323 e. The summed E-state index contributed by atoms with van der Waals surface area (Å²) in [5.41, 5.74) is 0.306. The van der Waals surface area contributed by atoms with Crippen LogP contribution in [0.4, 0.5) is 4.39 Å². The Bertz CT molecular complexity index is 730. The van der Waals surface area contributed by atoms with E-state index in [9.17, 15) is 18.8 Å². The van der Waals surface area contributed by atoms with Crippen molar-refractivity contribution >= 4 is 17.8 Å². The summed E-state index contributed by atoms with van der Waals surface area (Å²) >= 11 is 0. The van der Waals surface area contributed by atoms with Crippen LogP contribution in [-0.4, -0.2) is 58.4 Å². The lowest BCUT2D eigenvalue weighted by molar-refractivity contribution is -0.145. The van der Waals surface area contributed by atoms with Crippen LogP contribution in [0.1, 0.15) is 44.6 Å². The molecule has 1 atom stereocenters. The van der Waals surface area contributed by atoms with E-state index in [0.717, 1.165) is 24.8 Å². The Morgan fingerprint density at radius 3 is 2.41 bits per heavy atom. The summed E-state index contributed by atoms with van der Waals surface area (Å²) in [5.74, 6) is -1.55. The molecule has 1 aromatic carbocycles. The summed E-state index contributed by atoms with van der Waals surface area (Å²) in [7, 11) is 0. The Morgan fingerprint density at radius 1 is 1.19 bits per heavy atom. The smallest absolute Gasteiger partial charge is 0.323 e. The zero-order valence-electron chi connectivity index (χ0n) is 15.5. The number of benzene rings is 1. The van der Waals surface area contributed by atoms with Crippen molar-refractivity contribution in [1.82, 2.24) is 9.80 Å². The first-order chi connectivity index (χ1) is 12.8. The average molecular weight is 376 g/mol. The summed E-state index contributed by atoms with van der Waals surface area (Å²) in [6.07, 6.45) is 3.49. The molecule has 0 spiro atoms. The molecule has 1 saturated heterocycles. The largest absolute Gasteiger partial charge is 0.480 e. The first-order valence-electron chi connectivity index (χ1n) is 9.38. The van der Waals surface area contributed by atoms with Gasteiger partial charge in [0.1, 0.15) is 12.4 Å². The van der Waals surface area contributed by atoms with Crippen LogP contribution < -0.4 is 0 Å². The average Bonchev–Trinajstić information content (AvgIpc) is 3.44. The molecular weight excluding hydrogens is 351 g/mol. The number of carbonyl (C=O) groups is 3. The number of carboxylic acid groups (broad SMARTS) is 1. The minimum Gasteiger partial charge on any atom is -0.480 e. The van der Waals surface area contributed by atoms with Crippen molar-refractivity contribution in [2.45, 2.75) is 50.5 Å². The molecule has 0 radical (unpaired) electrons. The minimum atomic E-state index is -1.03. The van der Waals surface area contributed by atoms with Gasteiger partial charge in [-0.2, -0.15) is 0 Å². The van der Waals surface area contributed by atoms with Gasteiger partial charge in [-0.05, 0) is 49.8 Å². The summed E-state index contributed by atoms with van der Waals surface area (Å²) < 4.78 is 13.2. The molecule has 2 amide bonds. The van der Waals surface area contributed by atoms with Crippen LogP contribution in [0.2, 0.25) is 0 Å². The first kappa shape index (κ1) is 19.3. The summed E-state index contributed by atoms with van der Waals surface area (Å²) in [4.78, 5) is 39.3. The van der Waals surface area contributed by atoms with E-state index >= 15 is 0 Å². The van der Waals surface area contributed by atoms with Crippen LogP contribution in [0.15, 0.2) is 24.3 Å². The summed E-state index contributed by atoms with van der Waals surface area (Å²) in [6.45, 7) is 2.16. The molecule has 1 unspecified atom stereocenters. The van der Waals surface area contributed by atoms with Crippen molar-refractivity contribution in [3.8, 4) is 0 Å². The highest BCUT2D eigenvalue weighted by Gasteiger charge is 2.53. The molecule has 2 fully saturated rings. The quantitative estimate of drug-likeness (QED) is 0.854. The van der Waals surface area contributed by atoms with Crippen LogP contribution in [0.25, 0.3) is 0 Å². The van der Waals surface area contributed by atoms with Crippen molar-refractivity contribution < 1.29 is 23.9 Å². The molecule has 2 aliphatic rings. The van der Waals surface area contributed by atoms with Gasteiger partial charge in [0.25, 0.3) is 0 Å². The third kappa shape index (κ3) is 4.12. The molecule has 146 valence electrons. The number of amides is 2. The van der Waals surface area contributed by atoms with Crippen LogP contribution in [-0.2, 0) is 19.8 Å². The molecule has 0 aromatic heterocycles. The highest BCUT2D eigenvalue weighted by molar-refractivity contribution is 5.91. The Labute approximate surface area is 157 Å². The van der Waals surface area contributed by atoms with Gasteiger partial charge >= 0.3 is 5.97 Å². The molecule has 1 N–H and O–H groups in total. The van der Waals surface area contributed by atoms with Crippen LogP contribution >= 0.6 is 0 Å². The van der Waals surface area contributed by atoms with Gasteiger partial charge in [-0.25, -0.2) is 4.39 Å². The Kier molecular flexibility index (Phi) is 5.48. The topological polar surface area (TPSA) is 77.9 Å². The summed E-state index contributed by atoms with van der Waals surface area (Å²) in [5, 5.41) is 9.05. The number of hydrogen-bond donors (Lipinski definition) is 1. The number of hydrogen-bond acceptors (Lipinski definition) is 3. The van der Waals surface area contributed by atoms with E-state index in [1.165, 1.54) is 24.0 Å². The minimum absolute atomic E-state index is 0.0577. The second-order valence-electron chi connectivity index (χ2n) is 7.51. The Balaban J connectivity index is 1.69. The zero-order chi connectivity index (χ0) is 19.6. The van der Waals surface area contributed by atoms with E-state index in [-0.39, 0.29) is 30.2 Å². The standard InChI is InChI=1S/C20H25FN2O4/c1-14(24)23(13-18(25)26)17-3-2-11-22(12-8-17)19(27)20(9-10-20)15-4-6-16(21)7-5-15/h4-7,17H,2-3,8-13H2,1H3,(H,25,26). The number of rotatable bonds is 5. The normalized spacial score (nSPS) is 21.3. The number of carbonyl (C=O) groups excluding carboxylic acids is 2. The molecule has 1 aliphatic carbocycles. The number of halogens is 1. The van der Waals surface area contributed by atoms with E-state index < -0.39 is 11.4 Å². The SMILES string of the molecule is CC(=O)N(CC(=O)O)C1CCCN(C(=O)C2(c3ccc(F)cc3)CC2)CC1. The van der Waals surface area contributed by atoms with Crippen molar-refractivity contribution in [2.75, 3.05) is 19.6 Å². The molecule has 3 rings (SSSR count). The number of carboxylic acids is 1. The predicted molar refractivity (Wildman–Crippen MR) is 96.6 cm³/mol. The fourth-order valence-electron chi connectivity index (χ4n) is 4.06. The lowest BCUT2D eigenvalue weighted by atomic mass is 9.94. The molecule has 1 heterocycles. The lowest BCUT2D eigenvalue weighted by Crippen LogP contribution is -2.43. The molecule has 1 aromatic rings. The molecule has 1 aliphatic heterocycles. The number of likely N-dealkylation sites (tertiary alicyclic amines) is 1. The lowest BCUT2D eigenvalue weighted by Gasteiger charge is -2.29. The number of nitrogens with zero attached hydrogens (tertiary/aromatic N) is 2. The van der Waals surface area contributed by atoms with Crippen LogP contribution in [0.3, 0.4) is 0 Å². The van der Waals surface area contributed by atoms with Gasteiger partial charge < -0.3 is 14.9 Å². The second kappa shape index (κ2) is 7.66. The monoisotopic (exact) mass is 376 g/mol. The van der Waals surface area contributed by atoms with Gasteiger partial charge in [0, 0.05) is 26.1 Å². The van der Waals surface area contributed by atoms with Crippen molar-refractivity contribution in [2.24, 2.45) is 0 Å². The van der Waals surface area contributed by atoms with Gasteiger partial charge in [-0.15, -0.1) is 0 Å².